The Bertz CT molecular complexity index is 576. The van der Waals surface area contributed by atoms with Crippen molar-refractivity contribution < 1.29 is 4.79 Å². The molecule has 0 bridgehead atoms. The zero-order chi connectivity index (χ0) is 16.1. The van der Waals surface area contributed by atoms with Crippen molar-refractivity contribution in [2.45, 2.75) is 52.5 Å². The van der Waals surface area contributed by atoms with E-state index in [2.05, 4.69) is 20.2 Å². The second kappa shape index (κ2) is 7.54. The molecule has 1 atom stereocenters. The Morgan fingerprint density at radius 3 is 2.64 bits per heavy atom. The van der Waals surface area contributed by atoms with Crippen LogP contribution in [0.2, 0.25) is 0 Å². The lowest BCUT2D eigenvalue weighted by atomic mass is 10.1. The van der Waals surface area contributed by atoms with Crippen LogP contribution < -0.4 is 10.9 Å². The molecule has 2 rings (SSSR count). The second-order valence-electron chi connectivity index (χ2n) is 6.22. The van der Waals surface area contributed by atoms with Crippen LogP contribution in [0.25, 0.3) is 0 Å². The van der Waals surface area contributed by atoms with Crippen LogP contribution >= 0.6 is 0 Å². The summed E-state index contributed by atoms with van der Waals surface area (Å²) in [5, 5.41) is 2.98. The van der Waals surface area contributed by atoms with Gasteiger partial charge in [-0.25, -0.2) is 4.98 Å². The van der Waals surface area contributed by atoms with Crippen LogP contribution in [0.4, 0.5) is 0 Å². The third kappa shape index (κ3) is 4.66. The van der Waals surface area contributed by atoms with Gasteiger partial charge in [-0.05, 0) is 46.7 Å². The van der Waals surface area contributed by atoms with Gasteiger partial charge in [0.2, 0.25) is 5.91 Å². The maximum absolute atomic E-state index is 12.1. The molecule has 0 unspecified atom stereocenters. The van der Waals surface area contributed by atoms with Gasteiger partial charge in [0.15, 0.2) is 0 Å². The number of hydrogen-bond donors (Lipinski definition) is 2. The van der Waals surface area contributed by atoms with Crippen molar-refractivity contribution in [3.8, 4) is 0 Å². The average Bonchev–Trinajstić information content (AvgIpc) is 2.43. The lowest BCUT2D eigenvalue weighted by Gasteiger charge is -2.29. The molecule has 1 aromatic rings. The number of likely N-dealkylation sites (tertiary alicyclic amines) is 1. The van der Waals surface area contributed by atoms with Crippen LogP contribution in [0.1, 0.15) is 43.3 Å². The molecule has 1 aliphatic rings. The van der Waals surface area contributed by atoms with Crippen molar-refractivity contribution in [1.29, 1.82) is 0 Å². The fraction of sp³-hybridized carbons (Fsp3) is 0.688. The highest BCUT2D eigenvalue weighted by Crippen LogP contribution is 2.09. The molecule has 0 spiro atoms. The van der Waals surface area contributed by atoms with Crippen molar-refractivity contribution in [3.63, 3.8) is 0 Å². The Morgan fingerprint density at radius 1 is 1.32 bits per heavy atom. The topological polar surface area (TPSA) is 78.1 Å². The SMILES string of the molecule is Cc1nc(C)c(CC(=O)N[C@H](C)CN2CCCCC2)c(=O)[nH]1. The number of piperidine rings is 1. The summed E-state index contributed by atoms with van der Waals surface area (Å²) in [7, 11) is 0. The Labute approximate surface area is 131 Å². The number of H-pyrrole nitrogens is 1. The minimum Gasteiger partial charge on any atom is -0.352 e. The van der Waals surface area contributed by atoms with Gasteiger partial charge in [0, 0.05) is 23.8 Å². The highest BCUT2D eigenvalue weighted by atomic mass is 16.2. The van der Waals surface area contributed by atoms with E-state index >= 15 is 0 Å². The third-order valence-corrected chi connectivity index (χ3v) is 4.07. The number of aromatic amines is 1. The standard InChI is InChI=1S/C16H26N4O2/c1-11(10-20-7-5-4-6-8-20)17-15(21)9-14-12(2)18-13(3)19-16(14)22/h11H,4-10H2,1-3H3,(H,17,21)(H,18,19,22)/t11-/m1/s1. The van der Waals surface area contributed by atoms with Crippen molar-refractivity contribution in [3.05, 3.63) is 27.4 Å². The maximum Gasteiger partial charge on any atom is 0.254 e. The Balaban J connectivity index is 1.88. The van der Waals surface area contributed by atoms with E-state index in [1.54, 1.807) is 13.8 Å². The number of nitrogens with zero attached hydrogens (tertiary/aromatic N) is 2. The summed E-state index contributed by atoms with van der Waals surface area (Å²) in [6, 6.07) is 0.0865. The molecule has 0 radical (unpaired) electrons. The van der Waals surface area contributed by atoms with Crippen molar-refractivity contribution in [2.75, 3.05) is 19.6 Å². The molecule has 0 aromatic carbocycles. The summed E-state index contributed by atoms with van der Waals surface area (Å²) in [6.07, 6.45) is 3.87. The number of carbonyl (C=O) groups is 1. The van der Waals surface area contributed by atoms with E-state index in [0.717, 1.165) is 19.6 Å². The molecule has 6 heteroatoms. The number of amides is 1. The van der Waals surface area contributed by atoms with Gasteiger partial charge in [-0.3, -0.25) is 9.59 Å². The van der Waals surface area contributed by atoms with Gasteiger partial charge in [0.25, 0.3) is 5.56 Å². The number of aryl methyl sites for hydroxylation is 2. The molecule has 6 nitrogen and oxygen atoms in total. The molecule has 122 valence electrons. The van der Waals surface area contributed by atoms with Gasteiger partial charge in [-0.15, -0.1) is 0 Å². The molecule has 1 amide bonds. The summed E-state index contributed by atoms with van der Waals surface area (Å²) in [4.78, 5) is 33.3. The quantitative estimate of drug-likeness (QED) is 0.848. The number of nitrogens with one attached hydrogen (secondary N) is 2. The fourth-order valence-electron chi connectivity index (χ4n) is 3.02. The van der Waals surface area contributed by atoms with E-state index in [9.17, 15) is 9.59 Å². The Hall–Kier alpha value is -1.69. The summed E-state index contributed by atoms with van der Waals surface area (Å²) < 4.78 is 0. The van der Waals surface area contributed by atoms with Crippen LogP contribution in [0, 0.1) is 13.8 Å². The molecule has 0 saturated carbocycles. The smallest absolute Gasteiger partial charge is 0.254 e. The average molecular weight is 306 g/mol. The summed E-state index contributed by atoms with van der Waals surface area (Å²) in [5.41, 5.74) is 0.859. The molecule has 0 aliphatic carbocycles. The first-order chi connectivity index (χ1) is 10.5. The highest BCUT2D eigenvalue weighted by Gasteiger charge is 2.17. The molecule has 1 saturated heterocycles. The van der Waals surface area contributed by atoms with Gasteiger partial charge in [0.1, 0.15) is 5.82 Å². The van der Waals surface area contributed by atoms with E-state index in [-0.39, 0.29) is 23.9 Å². The van der Waals surface area contributed by atoms with Crippen LogP contribution in [0.3, 0.4) is 0 Å². The fourth-order valence-corrected chi connectivity index (χ4v) is 3.02. The minimum atomic E-state index is -0.219. The monoisotopic (exact) mass is 306 g/mol. The lowest BCUT2D eigenvalue weighted by Crippen LogP contribution is -2.44. The molecular formula is C16H26N4O2. The molecule has 2 heterocycles. The van der Waals surface area contributed by atoms with Crippen LogP contribution in [-0.4, -0.2) is 46.5 Å². The predicted molar refractivity (Wildman–Crippen MR) is 85.9 cm³/mol. The van der Waals surface area contributed by atoms with E-state index in [4.69, 9.17) is 0 Å². The molecular weight excluding hydrogens is 280 g/mol. The largest absolute Gasteiger partial charge is 0.352 e. The molecule has 22 heavy (non-hydrogen) atoms. The van der Waals surface area contributed by atoms with E-state index in [1.807, 2.05) is 6.92 Å². The minimum absolute atomic E-state index is 0.0821. The van der Waals surface area contributed by atoms with Gasteiger partial charge in [-0.2, -0.15) is 0 Å². The summed E-state index contributed by atoms with van der Waals surface area (Å²) in [6.45, 7) is 8.60. The Kier molecular flexibility index (Phi) is 5.71. The van der Waals surface area contributed by atoms with Crippen LogP contribution in [0.15, 0.2) is 4.79 Å². The summed E-state index contributed by atoms with van der Waals surface area (Å²) >= 11 is 0. The highest BCUT2D eigenvalue weighted by molar-refractivity contribution is 5.78. The van der Waals surface area contributed by atoms with Crippen LogP contribution in [0.5, 0.6) is 0 Å². The number of carbonyl (C=O) groups excluding carboxylic acids is 1. The first-order valence-electron chi connectivity index (χ1n) is 8.04. The third-order valence-electron chi connectivity index (χ3n) is 4.07. The van der Waals surface area contributed by atoms with E-state index < -0.39 is 0 Å². The van der Waals surface area contributed by atoms with Crippen molar-refractivity contribution >= 4 is 5.91 Å². The Morgan fingerprint density at radius 2 is 2.00 bits per heavy atom. The van der Waals surface area contributed by atoms with Crippen molar-refractivity contribution in [2.24, 2.45) is 0 Å². The van der Waals surface area contributed by atoms with Gasteiger partial charge in [0.05, 0.1) is 6.42 Å². The van der Waals surface area contributed by atoms with Gasteiger partial charge >= 0.3 is 0 Å². The van der Waals surface area contributed by atoms with Crippen molar-refractivity contribution in [1.82, 2.24) is 20.2 Å². The second-order valence-corrected chi connectivity index (χ2v) is 6.22. The molecule has 2 N–H and O–H groups in total. The zero-order valence-electron chi connectivity index (χ0n) is 13.7. The van der Waals surface area contributed by atoms with E-state index in [1.165, 1.54) is 19.3 Å². The first kappa shape index (κ1) is 16.7. The first-order valence-corrected chi connectivity index (χ1v) is 8.04. The maximum atomic E-state index is 12.1. The predicted octanol–water partition coefficient (Wildman–Crippen LogP) is 0.920. The molecule has 1 aliphatic heterocycles. The van der Waals surface area contributed by atoms with E-state index in [0.29, 0.717) is 17.1 Å². The molecule has 1 aromatic heterocycles. The zero-order valence-corrected chi connectivity index (χ0v) is 13.7. The van der Waals surface area contributed by atoms with Crippen LogP contribution in [-0.2, 0) is 11.2 Å². The lowest BCUT2D eigenvalue weighted by molar-refractivity contribution is -0.121. The normalized spacial score (nSPS) is 17.2. The van der Waals surface area contributed by atoms with Gasteiger partial charge in [-0.1, -0.05) is 6.42 Å². The molecule has 1 fully saturated rings. The summed E-state index contributed by atoms with van der Waals surface area (Å²) in [5.74, 6) is 0.453. The van der Waals surface area contributed by atoms with Gasteiger partial charge < -0.3 is 15.2 Å². The number of rotatable bonds is 5. The number of hydrogen-bond acceptors (Lipinski definition) is 4. The number of aromatic nitrogens is 2.